The molecule has 0 unspecified atom stereocenters. The van der Waals surface area contributed by atoms with Crippen molar-refractivity contribution in [2.45, 2.75) is 52.6 Å². The maximum Gasteiger partial charge on any atom is 0.408 e. The summed E-state index contributed by atoms with van der Waals surface area (Å²) in [6.07, 6.45) is -0.616. The fourth-order valence-corrected chi connectivity index (χ4v) is 2.06. The number of fused-ring (bicyclic) bond motifs is 1. The van der Waals surface area contributed by atoms with Gasteiger partial charge in [-0.15, -0.1) is 0 Å². The van der Waals surface area contributed by atoms with Crippen molar-refractivity contribution >= 4 is 11.9 Å². The first-order valence-corrected chi connectivity index (χ1v) is 7.52. The summed E-state index contributed by atoms with van der Waals surface area (Å²) in [6, 6.07) is 5.17. The Morgan fingerprint density at radius 3 is 2.65 bits per heavy atom. The maximum atomic E-state index is 12.2. The molecule has 23 heavy (non-hydrogen) atoms. The Labute approximate surface area is 136 Å². The molecule has 2 rings (SSSR count). The molecule has 0 saturated heterocycles. The molecule has 0 aromatic heterocycles. The lowest BCUT2D eigenvalue weighted by atomic mass is 10.1. The highest BCUT2D eigenvalue weighted by Gasteiger charge is 2.27. The molecule has 1 aliphatic rings. The number of benzene rings is 1. The summed E-state index contributed by atoms with van der Waals surface area (Å²) < 4.78 is 16.4. The minimum Gasteiger partial charge on any atom is -0.463 e. The second-order valence-electron chi connectivity index (χ2n) is 6.89. The Kier molecular flexibility index (Phi) is 4.66. The van der Waals surface area contributed by atoms with Crippen molar-refractivity contribution in [3.8, 4) is 5.75 Å². The number of ether oxygens (including phenoxy) is 3. The van der Waals surface area contributed by atoms with Gasteiger partial charge in [-0.3, -0.25) is 4.79 Å². The van der Waals surface area contributed by atoms with Crippen LogP contribution in [0.3, 0.4) is 0 Å². The summed E-state index contributed by atoms with van der Waals surface area (Å²) in [4.78, 5) is 23.8. The van der Waals surface area contributed by atoms with E-state index in [0.717, 1.165) is 5.56 Å². The van der Waals surface area contributed by atoms with E-state index in [1.807, 2.05) is 13.8 Å². The van der Waals surface area contributed by atoms with Crippen LogP contribution in [0.5, 0.6) is 5.75 Å². The second kappa shape index (κ2) is 6.20. The van der Waals surface area contributed by atoms with Crippen LogP contribution in [0.1, 0.15) is 50.5 Å². The summed E-state index contributed by atoms with van der Waals surface area (Å²) in [5, 5.41) is 2.46. The quantitative estimate of drug-likeness (QED) is 0.866. The zero-order valence-corrected chi connectivity index (χ0v) is 14.2. The van der Waals surface area contributed by atoms with Gasteiger partial charge in [-0.05, 0) is 26.8 Å². The Bertz CT molecular complexity index is 616. The normalized spacial score (nSPS) is 16.0. The molecule has 0 saturated carbocycles. The monoisotopic (exact) mass is 321 g/mol. The molecule has 0 fully saturated rings. The van der Waals surface area contributed by atoms with Crippen LogP contribution in [0.4, 0.5) is 4.79 Å². The SMILES string of the molecule is CC(C)(C)OC(=O)NCC(=O)c1ccc2c(c1)OC(C)(C)OC2. The lowest BCUT2D eigenvalue weighted by Gasteiger charge is -2.32. The van der Waals surface area contributed by atoms with E-state index < -0.39 is 17.5 Å². The van der Waals surface area contributed by atoms with Crippen molar-refractivity contribution in [1.29, 1.82) is 0 Å². The van der Waals surface area contributed by atoms with Gasteiger partial charge in [0.2, 0.25) is 5.79 Å². The van der Waals surface area contributed by atoms with Crippen LogP contribution in [0.25, 0.3) is 0 Å². The highest BCUT2D eigenvalue weighted by atomic mass is 16.7. The molecule has 0 spiro atoms. The lowest BCUT2D eigenvalue weighted by molar-refractivity contribution is -0.180. The van der Waals surface area contributed by atoms with Crippen LogP contribution in [0, 0.1) is 0 Å². The van der Waals surface area contributed by atoms with E-state index in [4.69, 9.17) is 14.2 Å². The van der Waals surface area contributed by atoms with E-state index in [0.29, 0.717) is 17.9 Å². The topological polar surface area (TPSA) is 73.9 Å². The van der Waals surface area contributed by atoms with E-state index >= 15 is 0 Å². The van der Waals surface area contributed by atoms with Crippen molar-refractivity contribution in [2.24, 2.45) is 0 Å². The van der Waals surface area contributed by atoms with E-state index in [-0.39, 0.29) is 12.3 Å². The van der Waals surface area contributed by atoms with Gasteiger partial charge in [0.1, 0.15) is 11.4 Å². The van der Waals surface area contributed by atoms with Crippen molar-refractivity contribution < 1.29 is 23.8 Å². The third-order valence-corrected chi connectivity index (χ3v) is 3.11. The van der Waals surface area contributed by atoms with Gasteiger partial charge in [-0.25, -0.2) is 4.79 Å². The fraction of sp³-hybridized carbons (Fsp3) is 0.529. The zero-order chi connectivity index (χ0) is 17.3. The number of carbonyl (C=O) groups is 2. The number of rotatable bonds is 3. The van der Waals surface area contributed by atoms with Gasteiger partial charge in [-0.1, -0.05) is 12.1 Å². The smallest absolute Gasteiger partial charge is 0.408 e. The first-order valence-electron chi connectivity index (χ1n) is 7.52. The number of ketones is 1. The van der Waals surface area contributed by atoms with E-state index in [9.17, 15) is 9.59 Å². The van der Waals surface area contributed by atoms with Crippen molar-refractivity contribution in [2.75, 3.05) is 6.54 Å². The highest BCUT2D eigenvalue weighted by Crippen LogP contribution is 2.31. The number of hydrogen-bond donors (Lipinski definition) is 1. The molecule has 1 aromatic rings. The summed E-state index contributed by atoms with van der Waals surface area (Å²) >= 11 is 0. The summed E-state index contributed by atoms with van der Waals surface area (Å²) in [5.41, 5.74) is 0.761. The van der Waals surface area contributed by atoms with Crippen LogP contribution < -0.4 is 10.1 Å². The summed E-state index contributed by atoms with van der Waals surface area (Å²) in [6.45, 7) is 9.22. The number of alkyl carbamates (subject to hydrolysis) is 1. The zero-order valence-electron chi connectivity index (χ0n) is 14.2. The molecule has 0 atom stereocenters. The Balaban J connectivity index is 2.00. The van der Waals surface area contributed by atoms with E-state index in [2.05, 4.69) is 5.32 Å². The number of amides is 1. The molecule has 6 nitrogen and oxygen atoms in total. The molecule has 1 heterocycles. The Morgan fingerprint density at radius 2 is 2.00 bits per heavy atom. The second-order valence-corrected chi connectivity index (χ2v) is 6.89. The van der Waals surface area contributed by atoms with Gasteiger partial charge >= 0.3 is 6.09 Å². The van der Waals surface area contributed by atoms with Gasteiger partial charge < -0.3 is 19.5 Å². The molecule has 6 heteroatoms. The van der Waals surface area contributed by atoms with Crippen LogP contribution in [-0.4, -0.2) is 29.8 Å². The van der Waals surface area contributed by atoms with Crippen LogP contribution in [0.2, 0.25) is 0 Å². The number of nitrogens with one attached hydrogen (secondary N) is 1. The van der Waals surface area contributed by atoms with Gasteiger partial charge in [-0.2, -0.15) is 0 Å². The van der Waals surface area contributed by atoms with Gasteiger partial charge in [0.25, 0.3) is 0 Å². The number of hydrogen-bond acceptors (Lipinski definition) is 5. The molecule has 0 aliphatic carbocycles. The molecule has 1 aromatic carbocycles. The van der Waals surface area contributed by atoms with Crippen molar-refractivity contribution in [1.82, 2.24) is 5.32 Å². The van der Waals surface area contributed by atoms with Crippen LogP contribution in [-0.2, 0) is 16.1 Å². The first kappa shape index (κ1) is 17.3. The predicted octanol–water partition coefficient (Wildman–Crippen LogP) is 3.04. The first-order chi connectivity index (χ1) is 10.6. The largest absolute Gasteiger partial charge is 0.463 e. The van der Waals surface area contributed by atoms with Gasteiger partial charge in [0.05, 0.1) is 13.2 Å². The minimum atomic E-state index is -0.719. The molecule has 1 N–H and O–H groups in total. The lowest BCUT2D eigenvalue weighted by Crippen LogP contribution is -2.36. The van der Waals surface area contributed by atoms with Crippen molar-refractivity contribution in [3.63, 3.8) is 0 Å². The predicted molar refractivity (Wildman–Crippen MR) is 84.5 cm³/mol. The summed E-state index contributed by atoms with van der Waals surface area (Å²) in [5.74, 6) is -0.306. The average molecular weight is 321 g/mol. The average Bonchev–Trinajstić information content (AvgIpc) is 2.41. The number of Topliss-reactive ketones (excluding diaryl/α,β-unsaturated/α-hetero) is 1. The van der Waals surface area contributed by atoms with Crippen LogP contribution in [0.15, 0.2) is 18.2 Å². The van der Waals surface area contributed by atoms with Gasteiger partial charge in [0, 0.05) is 25.0 Å². The maximum absolute atomic E-state index is 12.2. The Hall–Kier alpha value is -2.08. The molecule has 0 bridgehead atoms. The molecule has 1 amide bonds. The highest BCUT2D eigenvalue weighted by molar-refractivity contribution is 5.99. The fourth-order valence-electron chi connectivity index (χ4n) is 2.06. The molecular formula is C17H23NO5. The number of carbonyl (C=O) groups excluding carboxylic acids is 2. The molecule has 126 valence electrons. The van der Waals surface area contributed by atoms with Crippen LogP contribution >= 0.6 is 0 Å². The third-order valence-electron chi connectivity index (χ3n) is 3.11. The van der Waals surface area contributed by atoms with Crippen molar-refractivity contribution in [3.05, 3.63) is 29.3 Å². The third kappa shape index (κ3) is 4.96. The molecular weight excluding hydrogens is 298 g/mol. The van der Waals surface area contributed by atoms with Gasteiger partial charge in [0.15, 0.2) is 5.78 Å². The standard InChI is InChI=1S/C17H23NO5/c1-16(2,3)23-15(20)18-9-13(19)11-6-7-12-10-21-17(4,5)22-14(12)8-11/h6-8H,9-10H2,1-5H3,(H,18,20). The molecule has 0 radical (unpaired) electrons. The Morgan fingerprint density at radius 1 is 1.30 bits per heavy atom. The van der Waals surface area contributed by atoms with E-state index in [1.165, 1.54) is 0 Å². The minimum absolute atomic E-state index is 0.131. The van der Waals surface area contributed by atoms with E-state index in [1.54, 1.807) is 39.0 Å². The molecule has 1 aliphatic heterocycles. The summed E-state index contributed by atoms with van der Waals surface area (Å²) in [7, 11) is 0.